The third-order valence-corrected chi connectivity index (χ3v) is 11.8. The number of thiophene rings is 1. The van der Waals surface area contributed by atoms with Crippen molar-refractivity contribution in [2.24, 2.45) is 5.16 Å². The van der Waals surface area contributed by atoms with E-state index < -0.39 is 8.32 Å². The molecule has 0 fully saturated rings. The quantitative estimate of drug-likeness (QED) is 0.221. The molecule has 0 saturated carbocycles. The van der Waals surface area contributed by atoms with E-state index in [2.05, 4.69) is 61.5 Å². The minimum absolute atomic E-state index is 0.111. The largest absolute Gasteiger partial charge is 0.459 e. The maximum atomic E-state index is 12.8. The van der Waals surface area contributed by atoms with E-state index in [-0.39, 0.29) is 17.1 Å². The van der Waals surface area contributed by atoms with Crippen LogP contribution in [0.1, 0.15) is 61.8 Å². The molecule has 0 amide bonds. The fraction of sp³-hybridized carbons (Fsp3) is 0.423. The highest BCUT2D eigenvalue weighted by Gasteiger charge is 2.40. The van der Waals surface area contributed by atoms with E-state index in [0.717, 1.165) is 45.6 Å². The lowest BCUT2D eigenvalue weighted by molar-refractivity contribution is 0.0385. The van der Waals surface area contributed by atoms with Crippen LogP contribution in [0, 0.1) is 0 Å². The van der Waals surface area contributed by atoms with E-state index >= 15 is 0 Å². The van der Waals surface area contributed by atoms with Gasteiger partial charge in [0.15, 0.2) is 0 Å². The van der Waals surface area contributed by atoms with Crippen molar-refractivity contribution in [2.75, 3.05) is 5.32 Å². The van der Waals surface area contributed by atoms with Gasteiger partial charge in [0.1, 0.15) is 4.88 Å². The monoisotopic (exact) mass is 495 g/mol. The average molecular weight is 496 g/mol. The Bertz CT molecular complexity index is 1260. The maximum absolute atomic E-state index is 12.8. The van der Waals surface area contributed by atoms with Crippen LogP contribution in [0.3, 0.4) is 0 Å². The van der Waals surface area contributed by atoms with Crippen LogP contribution >= 0.6 is 11.3 Å². The zero-order chi connectivity index (χ0) is 24.7. The Morgan fingerprint density at radius 2 is 1.97 bits per heavy atom. The Balaban J connectivity index is 1.62. The summed E-state index contributed by atoms with van der Waals surface area (Å²) in [7, 11) is -1.95. The number of pyridine rings is 1. The SMILES string of the molecule is CC(C)OC(=O)c1sc2cnccc2c1Nc1ccc2c(c1)CC/C2=N/O[Si](C)(C)C(C)(C)C. The number of aromatic nitrogens is 1. The Morgan fingerprint density at radius 3 is 2.68 bits per heavy atom. The first-order valence-electron chi connectivity index (χ1n) is 11.7. The third-order valence-electron chi connectivity index (χ3n) is 6.53. The van der Waals surface area contributed by atoms with Gasteiger partial charge in [-0.3, -0.25) is 4.98 Å². The van der Waals surface area contributed by atoms with Crippen molar-refractivity contribution in [3.05, 3.63) is 52.7 Å². The molecule has 0 atom stereocenters. The van der Waals surface area contributed by atoms with Crippen LogP contribution in [0.2, 0.25) is 18.1 Å². The van der Waals surface area contributed by atoms with Gasteiger partial charge in [-0.15, -0.1) is 16.5 Å². The summed E-state index contributed by atoms with van der Waals surface area (Å²) >= 11 is 1.40. The molecule has 0 aliphatic heterocycles. The van der Waals surface area contributed by atoms with Gasteiger partial charge >= 0.3 is 5.97 Å². The van der Waals surface area contributed by atoms with E-state index in [1.165, 1.54) is 16.9 Å². The smallest absolute Gasteiger partial charge is 0.350 e. The number of carbonyl (C=O) groups is 1. The lowest BCUT2D eigenvalue weighted by Crippen LogP contribution is -2.39. The summed E-state index contributed by atoms with van der Waals surface area (Å²) in [5, 5.41) is 9.16. The van der Waals surface area contributed by atoms with Gasteiger partial charge in [-0.05, 0) is 68.6 Å². The number of nitrogens with zero attached hydrogens (tertiary/aromatic N) is 2. The van der Waals surface area contributed by atoms with Crippen molar-refractivity contribution >= 4 is 52.8 Å². The number of ether oxygens (including phenoxy) is 1. The van der Waals surface area contributed by atoms with Crippen LogP contribution in [-0.4, -0.2) is 31.1 Å². The van der Waals surface area contributed by atoms with Gasteiger partial charge in [0.25, 0.3) is 8.32 Å². The fourth-order valence-electron chi connectivity index (χ4n) is 3.58. The number of carbonyl (C=O) groups excluding carboxylic acids is 1. The summed E-state index contributed by atoms with van der Waals surface area (Å²) in [5.74, 6) is -0.322. The van der Waals surface area contributed by atoms with Gasteiger partial charge in [-0.2, -0.15) is 0 Å². The third kappa shape index (κ3) is 4.88. The molecule has 1 aromatic carbocycles. The Morgan fingerprint density at radius 1 is 1.21 bits per heavy atom. The minimum Gasteiger partial charge on any atom is -0.459 e. The summed E-state index contributed by atoms with van der Waals surface area (Å²) in [6, 6.07) is 8.21. The van der Waals surface area contributed by atoms with Crippen LogP contribution in [0.4, 0.5) is 11.4 Å². The van der Waals surface area contributed by atoms with Gasteiger partial charge in [0.05, 0.1) is 22.2 Å². The first kappa shape index (κ1) is 24.4. The fourth-order valence-corrected chi connectivity index (χ4v) is 5.20. The molecule has 1 aliphatic carbocycles. The second-order valence-corrected chi connectivity index (χ2v) is 16.3. The van der Waals surface area contributed by atoms with Gasteiger partial charge < -0.3 is 14.6 Å². The molecule has 8 heteroatoms. The second kappa shape index (κ2) is 9.15. The molecule has 6 nitrogen and oxygen atoms in total. The van der Waals surface area contributed by atoms with Gasteiger partial charge in [0, 0.05) is 29.0 Å². The molecule has 0 spiro atoms. The van der Waals surface area contributed by atoms with E-state index in [4.69, 9.17) is 9.26 Å². The normalized spacial score (nSPS) is 15.1. The molecule has 34 heavy (non-hydrogen) atoms. The highest BCUT2D eigenvalue weighted by molar-refractivity contribution is 7.21. The standard InChI is InChI=1S/C26H33N3O3SSi/c1-16(2)31-25(30)24-23(20-12-13-27-15-22(20)33-24)28-18-9-10-19-17(14-18)8-11-21(19)29-32-34(6,7)26(3,4)5/h9-10,12-16,28H,8,11H2,1-7H3/b29-21-. The highest BCUT2D eigenvalue weighted by atomic mass is 32.1. The molecule has 0 unspecified atom stereocenters. The number of anilines is 2. The summed E-state index contributed by atoms with van der Waals surface area (Å²) in [6.45, 7) is 14.8. The molecule has 4 rings (SSSR count). The molecule has 2 aromatic heterocycles. The molecule has 1 N–H and O–H groups in total. The van der Waals surface area contributed by atoms with Crippen LogP contribution in [0.5, 0.6) is 0 Å². The minimum atomic E-state index is -1.95. The lowest BCUT2D eigenvalue weighted by atomic mass is 10.1. The Kier molecular flexibility index (Phi) is 6.57. The number of benzene rings is 1. The van der Waals surface area contributed by atoms with E-state index in [1.54, 1.807) is 12.4 Å². The van der Waals surface area contributed by atoms with E-state index in [0.29, 0.717) is 4.88 Å². The number of nitrogens with one attached hydrogen (secondary N) is 1. The molecule has 3 aromatic rings. The van der Waals surface area contributed by atoms with Gasteiger partial charge in [0.2, 0.25) is 0 Å². The zero-order valence-electron chi connectivity index (χ0n) is 21.0. The van der Waals surface area contributed by atoms with Gasteiger partial charge in [-0.25, -0.2) is 4.79 Å². The molecule has 0 saturated heterocycles. The van der Waals surface area contributed by atoms with Crippen molar-refractivity contribution in [3.63, 3.8) is 0 Å². The average Bonchev–Trinajstić information content (AvgIpc) is 3.32. The second-order valence-electron chi connectivity index (χ2n) is 10.5. The number of esters is 1. The molecule has 0 radical (unpaired) electrons. The molecule has 1 aliphatic rings. The predicted molar refractivity (Wildman–Crippen MR) is 143 cm³/mol. The number of oxime groups is 1. The molecular weight excluding hydrogens is 462 g/mol. The summed E-state index contributed by atoms with van der Waals surface area (Å²) < 4.78 is 12.6. The van der Waals surface area contributed by atoms with Crippen LogP contribution in [0.15, 0.2) is 41.8 Å². The van der Waals surface area contributed by atoms with Crippen LogP contribution in [-0.2, 0) is 15.7 Å². The lowest BCUT2D eigenvalue weighted by Gasteiger charge is -2.33. The van der Waals surface area contributed by atoms with E-state index in [1.807, 2.05) is 26.0 Å². The molecule has 2 heterocycles. The van der Waals surface area contributed by atoms with Crippen molar-refractivity contribution in [1.82, 2.24) is 4.98 Å². The topological polar surface area (TPSA) is 72.8 Å². The Hall–Kier alpha value is -2.71. The van der Waals surface area contributed by atoms with Crippen molar-refractivity contribution in [3.8, 4) is 0 Å². The predicted octanol–water partition coefficient (Wildman–Crippen LogP) is 7.28. The number of rotatable bonds is 6. The summed E-state index contributed by atoms with van der Waals surface area (Å²) in [6.07, 6.45) is 5.12. The van der Waals surface area contributed by atoms with Crippen molar-refractivity contribution in [1.29, 1.82) is 0 Å². The van der Waals surface area contributed by atoms with Crippen LogP contribution < -0.4 is 5.32 Å². The summed E-state index contributed by atoms with van der Waals surface area (Å²) in [4.78, 5) is 17.6. The van der Waals surface area contributed by atoms with E-state index in [9.17, 15) is 4.79 Å². The molecule has 0 bridgehead atoms. The molecular formula is C26H33N3O3SSi. The molecule has 180 valence electrons. The maximum Gasteiger partial charge on any atom is 0.350 e. The van der Waals surface area contributed by atoms with Gasteiger partial charge in [-0.1, -0.05) is 26.8 Å². The zero-order valence-corrected chi connectivity index (χ0v) is 22.8. The summed E-state index contributed by atoms with van der Waals surface area (Å²) in [5.41, 5.74) is 5.08. The number of aryl methyl sites for hydroxylation is 1. The first-order valence-corrected chi connectivity index (χ1v) is 15.4. The van der Waals surface area contributed by atoms with Crippen molar-refractivity contribution < 1.29 is 14.1 Å². The highest BCUT2D eigenvalue weighted by Crippen LogP contribution is 2.39. The van der Waals surface area contributed by atoms with Crippen molar-refractivity contribution in [2.45, 2.75) is 71.7 Å². The number of fused-ring (bicyclic) bond motifs is 2. The first-order chi connectivity index (χ1) is 16.0. The number of hydrogen-bond donors (Lipinski definition) is 1. The Labute approximate surface area is 206 Å². The van der Waals surface area contributed by atoms with Crippen LogP contribution in [0.25, 0.3) is 10.1 Å². The number of hydrogen-bond acceptors (Lipinski definition) is 7.